The molecule has 0 aliphatic carbocycles. The number of rotatable bonds is 3. The van der Waals surface area contributed by atoms with Crippen LogP contribution >= 0.6 is 11.8 Å². The minimum absolute atomic E-state index is 0.117. The molecule has 1 aromatic rings. The molecule has 0 bridgehead atoms. The number of aromatic nitrogens is 2. The van der Waals surface area contributed by atoms with Crippen molar-refractivity contribution in [1.82, 2.24) is 9.97 Å². The van der Waals surface area contributed by atoms with Gasteiger partial charge in [0.25, 0.3) is 0 Å². The molecule has 0 unspecified atom stereocenters. The van der Waals surface area contributed by atoms with Gasteiger partial charge in [-0.05, 0) is 20.8 Å². The van der Waals surface area contributed by atoms with Crippen molar-refractivity contribution in [2.24, 2.45) is 0 Å². The fourth-order valence-electron chi connectivity index (χ4n) is 1.08. The summed E-state index contributed by atoms with van der Waals surface area (Å²) >= 11 is 5.88. The van der Waals surface area contributed by atoms with Crippen LogP contribution in [0.15, 0.2) is 12.3 Å². The third-order valence-electron chi connectivity index (χ3n) is 2.48. The highest BCUT2D eigenvalue weighted by Gasteiger charge is 2.36. The van der Waals surface area contributed by atoms with E-state index in [0.717, 1.165) is 10.6 Å². The smallest absolute Gasteiger partial charge is 0.388 e. The fourth-order valence-corrected chi connectivity index (χ4v) is 1.41. The molecule has 1 rings (SSSR count). The first-order valence-electron chi connectivity index (χ1n) is 5.11. The molecule has 18 heavy (non-hydrogen) atoms. The molecular weight excluding hydrogens is 271 g/mol. The third kappa shape index (κ3) is 3.46. The average Bonchev–Trinajstić information content (AvgIpc) is 2.25. The molecule has 1 N–H and O–H groups in total. The first-order chi connectivity index (χ1) is 8.03. The predicted molar refractivity (Wildman–Crippen MR) is 61.1 cm³/mol. The summed E-state index contributed by atoms with van der Waals surface area (Å²) in [7, 11) is 0. The molecule has 0 aromatic carbocycles. The number of halogens is 4. The second-order valence-corrected chi connectivity index (χ2v) is 4.74. The van der Waals surface area contributed by atoms with Crippen LogP contribution in [0, 0.1) is 0 Å². The molecule has 4 nitrogen and oxygen atoms in total. The van der Waals surface area contributed by atoms with Gasteiger partial charge in [0.05, 0.1) is 11.6 Å². The summed E-state index contributed by atoms with van der Waals surface area (Å²) < 4.78 is 38.2. The lowest BCUT2D eigenvalue weighted by Gasteiger charge is -2.32. The summed E-state index contributed by atoms with van der Waals surface area (Å²) in [6.07, 6.45) is -3.66. The summed E-state index contributed by atoms with van der Waals surface area (Å²) in [6, 6.07) is 0.611. The zero-order valence-electron chi connectivity index (χ0n) is 10.0. The topological polar surface area (TPSA) is 49.2 Å². The molecule has 0 saturated carbocycles. The normalized spacial score (nSPS) is 14.4. The van der Waals surface area contributed by atoms with Crippen LogP contribution in [0.1, 0.15) is 26.6 Å². The maximum atomic E-state index is 12.4. The maximum absolute atomic E-state index is 12.4. The molecule has 0 aliphatic rings. The van der Waals surface area contributed by atoms with Gasteiger partial charge in [-0.25, -0.2) is 9.97 Å². The molecule has 0 aliphatic heterocycles. The summed E-state index contributed by atoms with van der Waals surface area (Å²) in [5.74, 6) is -1.39. The summed E-state index contributed by atoms with van der Waals surface area (Å²) in [6.45, 7) is 4.57. The Labute approximate surface area is 108 Å². The van der Waals surface area contributed by atoms with Crippen LogP contribution in [0.25, 0.3) is 0 Å². The summed E-state index contributed by atoms with van der Waals surface area (Å²) in [5, 5.41) is 9.76. The standard InChI is InChI=1S/C10H13ClF3N3O/c1-6(9(2,3)18)17(11)7-4-5-15-8(16-7)10(12,13)14/h4-6,18H,1-3H3/t6-/m1/s1. The Kier molecular flexibility index (Phi) is 4.07. The van der Waals surface area contributed by atoms with E-state index < -0.39 is 23.6 Å². The van der Waals surface area contributed by atoms with Crippen LogP contribution < -0.4 is 4.42 Å². The van der Waals surface area contributed by atoms with Crippen molar-refractivity contribution in [3.63, 3.8) is 0 Å². The summed E-state index contributed by atoms with van der Waals surface area (Å²) in [5.41, 5.74) is -1.19. The molecule has 102 valence electrons. The van der Waals surface area contributed by atoms with E-state index in [1.165, 1.54) is 19.9 Å². The highest BCUT2D eigenvalue weighted by Crippen LogP contribution is 2.29. The number of aliphatic hydroxyl groups is 1. The van der Waals surface area contributed by atoms with E-state index in [1.54, 1.807) is 6.92 Å². The molecule has 0 radical (unpaired) electrons. The number of alkyl halides is 3. The first-order valence-corrected chi connectivity index (χ1v) is 5.45. The van der Waals surface area contributed by atoms with E-state index >= 15 is 0 Å². The van der Waals surface area contributed by atoms with Crippen LogP contribution in [0.5, 0.6) is 0 Å². The number of nitrogens with zero attached hydrogens (tertiary/aromatic N) is 3. The lowest BCUT2D eigenvalue weighted by atomic mass is 10.0. The van der Waals surface area contributed by atoms with Crippen LogP contribution in [-0.2, 0) is 6.18 Å². The molecule has 0 amide bonds. The maximum Gasteiger partial charge on any atom is 0.451 e. The van der Waals surface area contributed by atoms with E-state index in [1.807, 2.05) is 0 Å². The Morgan fingerprint density at radius 2 is 1.94 bits per heavy atom. The highest BCUT2D eigenvalue weighted by molar-refractivity contribution is 6.25. The van der Waals surface area contributed by atoms with E-state index in [2.05, 4.69) is 9.97 Å². The molecule has 8 heteroatoms. The highest BCUT2D eigenvalue weighted by atomic mass is 35.5. The van der Waals surface area contributed by atoms with Crippen LogP contribution in [-0.4, -0.2) is 26.7 Å². The minimum atomic E-state index is -4.63. The van der Waals surface area contributed by atoms with Gasteiger partial charge in [-0.3, -0.25) is 4.42 Å². The van der Waals surface area contributed by atoms with Gasteiger partial charge in [-0.1, -0.05) is 0 Å². The Morgan fingerprint density at radius 3 is 2.39 bits per heavy atom. The van der Waals surface area contributed by atoms with Gasteiger partial charge in [0.1, 0.15) is 5.82 Å². The quantitative estimate of drug-likeness (QED) is 0.867. The Morgan fingerprint density at radius 1 is 1.39 bits per heavy atom. The Bertz CT molecular complexity index is 420. The zero-order chi connectivity index (χ0) is 14.1. The SMILES string of the molecule is C[C@@H](N(Cl)c1ccnc(C(F)(F)F)n1)C(C)(C)O. The van der Waals surface area contributed by atoms with Crippen molar-refractivity contribution >= 4 is 17.6 Å². The van der Waals surface area contributed by atoms with Crippen molar-refractivity contribution in [3.05, 3.63) is 18.1 Å². The minimum Gasteiger partial charge on any atom is -0.388 e. The zero-order valence-corrected chi connectivity index (χ0v) is 10.8. The number of hydrogen-bond donors (Lipinski definition) is 1. The average molecular weight is 284 g/mol. The van der Waals surface area contributed by atoms with Gasteiger partial charge in [0, 0.05) is 24.0 Å². The second-order valence-electron chi connectivity index (χ2n) is 4.38. The molecule has 1 atom stereocenters. The van der Waals surface area contributed by atoms with Crippen molar-refractivity contribution < 1.29 is 18.3 Å². The molecule has 1 heterocycles. The fraction of sp³-hybridized carbons (Fsp3) is 0.600. The number of anilines is 1. The lowest BCUT2D eigenvalue weighted by Crippen LogP contribution is -2.43. The van der Waals surface area contributed by atoms with Gasteiger partial charge in [-0.2, -0.15) is 13.2 Å². The van der Waals surface area contributed by atoms with Gasteiger partial charge in [-0.15, -0.1) is 0 Å². The Hall–Kier alpha value is -1.08. The molecular formula is C10H13ClF3N3O. The van der Waals surface area contributed by atoms with E-state index in [9.17, 15) is 18.3 Å². The van der Waals surface area contributed by atoms with Gasteiger partial charge in [0.2, 0.25) is 5.82 Å². The van der Waals surface area contributed by atoms with Crippen molar-refractivity contribution in [1.29, 1.82) is 0 Å². The van der Waals surface area contributed by atoms with Gasteiger partial charge in [0.15, 0.2) is 0 Å². The van der Waals surface area contributed by atoms with Crippen molar-refractivity contribution in [2.45, 2.75) is 38.6 Å². The van der Waals surface area contributed by atoms with Gasteiger partial charge < -0.3 is 5.11 Å². The lowest BCUT2D eigenvalue weighted by molar-refractivity contribution is -0.144. The van der Waals surface area contributed by atoms with Crippen LogP contribution in [0.3, 0.4) is 0 Å². The molecule has 0 fully saturated rings. The third-order valence-corrected chi connectivity index (χ3v) is 2.94. The van der Waals surface area contributed by atoms with Crippen LogP contribution in [0.2, 0.25) is 0 Å². The van der Waals surface area contributed by atoms with E-state index in [0.29, 0.717) is 0 Å². The van der Waals surface area contributed by atoms with Crippen molar-refractivity contribution in [2.75, 3.05) is 4.42 Å². The van der Waals surface area contributed by atoms with E-state index in [-0.39, 0.29) is 5.82 Å². The van der Waals surface area contributed by atoms with Crippen molar-refractivity contribution in [3.8, 4) is 0 Å². The first kappa shape index (κ1) is 15.0. The predicted octanol–water partition coefficient (Wildman–Crippen LogP) is 2.62. The second kappa shape index (κ2) is 4.89. The van der Waals surface area contributed by atoms with Crippen LogP contribution in [0.4, 0.5) is 19.0 Å². The molecule has 0 saturated heterocycles. The monoisotopic (exact) mass is 283 g/mol. The van der Waals surface area contributed by atoms with Gasteiger partial charge >= 0.3 is 6.18 Å². The Balaban J connectivity index is 3.04. The summed E-state index contributed by atoms with van der Waals surface area (Å²) in [4.78, 5) is 6.46. The van der Waals surface area contributed by atoms with E-state index in [4.69, 9.17) is 11.8 Å². The number of hydrogen-bond acceptors (Lipinski definition) is 4. The molecule has 1 aromatic heterocycles. The molecule has 0 spiro atoms. The largest absolute Gasteiger partial charge is 0.451 e.